The predicted octanol–water partition coefficient (Wildman–Crippen LogP) is -11.9. The largest absolute Gasteiger partial charge is 0.394 e. The van der Waals surface area contributed by atoms with Crippen molar-refractivity contribution in [3.63, 3.8) is 0 Å². The minimum Gasteiger partial charge on any atom is -0.394 e. The summed E-state index contributed by atoms with van der Waals surface area (Å²) in [7, 11) is 0. The van der Waals surface area contributed by atoms with Crippen LogP contribution in [0, 0.1) is 0 Å². The molecule has 0 aromatic rings. The van der Waals surface area contributed by atoms with Crippen LogP contribution in [0.1, 0.15) is 0 Å². The highest BCUT2D eigenvalue weighted by atomic mass is 16.8. The highest BCUT2D eigenvalue weighted by Gasteiger charge is 2.54. The van der Waals surface area contributed by atoms with Crippen molar-refractivity contribution in [3.05, 3.63) is 0 Å². The third-order valence-corrected chi connectivity index (χ3v) is 10.3. The van der Waals surface area contributed by atoms with Crippen molar-refractivity contribution in [1.29, 1.82) is 0 Å². The van der Waals surface area contributed by atoms with Crippen LogP contribution in [0.15, 0.2) is 0 Å². The van der Waals surface area contributed by atoms with Gasteiger partial charge in [0.1, 0.15) is 122 Å². The number of rotatable bonds is 13. The second kappa shape index (κ2) is 19.6. The van der Waals surface area contributed by atoms with Gasteiger partial charge in [0.15, 0.2) is 31.5 Å². The molecule has 5 rings (SSSR count). The number of hydrogen-bond acceptors (Lipinski definition) is 26. The predicted molar refractivity (Wildman–Crippen MR) is 167 cm³/mol. The number of aliphatic hydroxyl groups excluding tert-OH is 17. The van der Waals surface area contributed by atoms with Gasteiger partial charge in [0, 0.05) is 0 Å². The first-order valence-corrected chi connectivity index (χ1v) is 17.6. The Morgan fingerprint density at radius 3 is 1.18 bits per heavy atom. The molecule has 5 aliphatic heterocycles. The fourth-order valence-electron chi connectivity index (χ4n) is 6.81. The zero-order chi connectivity index (χ0) is 41.3. The first kappa shape index (κ1) is 46.0. The Hall–Kier alpha value is -1.04. The molecule has 56 heavy (non-hydrogen) atoms. The van der Waals surface area contributed by atoms with Crippen LogP contribution in [0.2, 0.25) is 0 Å². The van der Waals surface area contributed by atoms with Crippen molar-refractivity contribution in [1.82, 2.24) is 0 Å². The summed E-state index contributed by atoms with van der Waals surface area (Å²) < 4.78 is 49.2. The Balaban J connectivity index is 1.32. The standard InChI is InChI=1S/C30H52O26/c31-1-6-11(34)15(38)20(43)27(51-6)48-5-10-14(37)25(56-29-21(44)16(39)12(35)7(2-32)52-29)23(46)28(53-10)49-4-9-13(36)17(40)22(45)30(54-9)55-24-8(3-33)50-26(47)19(42)18(24)41/h6-47H,1-5H2/t6-,7+,8-,9-,10-,11-,12+,13-,14-,15+,16-,17+,18-,19-,20-,21+,22-,23-,24-,25+,26+,27+,28+,29?,30-/m1/s1. The molecule has 328 valence electrons. The highest BCUT2D eigenvalue weighted by Crippen LogP contribution is 2.33. The molecule has 0 amide bonds. The summed E-state index contributed by atoms with van der Waals surface area (Å²) in [5.41, 5.74) is 0. The molecule has 0 aromatic heterocycles. The normalized spacial score (nSPS) is 53.2. The smallest absolute Gasteiger partial charge is 0.187 e. The van der Waals surface area contributed by atoms with E-state index in [0.29, 0.717) is 0 Å². The molecule has 17 N–H and O–H groups in total. The van der Waals surface area contributed by atoms with Gasteiger partial charge in [-0.1, -0.05) is 0 Å². The fourth-order valence-corrected chi connectivity index (χ4v) is 6.81. The van der Waals surface area contributed by atoms with Crippen LogP contribution in [-0.2, 0) is 42.6 Å². The number of hydrogen-bond donors (Lipinski definition) is 17. The van der Waals surface area contributed by atoms with Crippen molar-refractivity contribution >= 4 is 0 Å². The molecule has 0 aliphatic carbocycles. The summed E-state index contributed by atoms with van der Waals surface area (Å²) in [5, 5.41) is 175. The molecule has 5 heterocycles. The minimum atomic E-state index is -2.07. The quantitative estimate of drug-likeness (QED) is 0.0819. The zero-order valence-electron chi connectivity index (χ0n) is 29.2. The van der Waals surface area contributed by atoms with Crippen LogP contribution >= 0.6 is 0 Å². The Kier molecular flexibility index (Phi) is 16.1. The maximum Gasteiger partial charge on any atom is 0.187 e. The second-order valence-corrected chi connectivity index (χ2v) is 14.0. The summed E-state index contributed by atoms with van der Waals surface area (Å²) in [4.78, 5) is 0. The summed E-state index contributed by atoms with van der Waals surface area (Å²) in [6.07, 6.45) is -45.8. The Morgan fingerprint density at radius 2 is 0.679 bits per heavy atom. The molecule has 0 bridgehead atoms. The van der Waals surface area contributed by atoms with Gasteiger partial charge in [-0.2, -0.15) is 0 Å². The minimum absolute atomic E-state index is 0.785. The Labute approximate surface area is 316 Å². The average Bonchev–Trinajstić information content (AvgIpc) is 3.18. The zero-order valence-corrected chi connectivity index (χ0v) is 29.2. The number of aliphatic hydroxyl groups is 17. The van der Waals surface area contributed by atoms with E-state index in [-0.39, 0.29) is 0 Å². The van der Waals surface area contributed by atoms with Crippen LogP contribution in [-0.4, -0.2) is 273 Å². The van der Waals surface area contributed by atoms with E-state index in [1.807, 2.05) is 0 Å². The lowest BCUT2D eigenvalue weighted by molar-refractivity contribution is -0.375. The lowest BCUT2D eigenvalue weighted by atomic mass is 9.96. The molecule has 1 unspecified atom stereocenters. The van der Waals surface area contributed by atoms with E-state index in [1.54, 1.807) is 0 Å². The van der Waals surface area contributed by atoms with Gasteiger partial charge in [0.05, 0.1) is 33.0 Å². The first-order valence-electron chi connectivity index (χ1n) is 17.6. The summed E-state index contributed by atoms with van der Waals surface area (Å²) >= 11 is 0. The van der Waals surface area contributed by atoms with Crippen molar-refractivity contribution in [3.8, 4) is 0 Å². The fraction of sp³-hybridized carbons (Fsp3) is 1.00. The van der Waals surface area contributed by atoms with E-state index in [2.05, 4.69) is 0 Å². The van der Waals surface area contributed by atoms with Crippen LogP contribution in [0.25, 0.3) is 0 Å². The van der Waals surface area contributed by atoms with Crippen LogP contribution < -0.4 is 0 Å². The van der Waals surface area contributed by atoms with Gasteiger partial charge in [-0.15, -0.1) is 0 Å². The highest BCUT2D eigenvalue weighted by molar-refractivity contribution is 4.97. The van der Waals surface area contributed by atoms with Gasteiger partial charge in [-0.3, -0.25) is 0 Å². The van der Waals surface area contributed by atoms with E-state index in [1.165, 1.54) is 0 Å². The van der Waals surface area contributed by atoms with Gasteiger partial charge in [0.25, 0.3) is 0 Å². The van der Waals surface area contributed by atoms with E-state index >= 15 is 0 Å². The SMILES string of the molecule is OC[C@@H]1OC(O[C@@H]2[C@@H](O)[C@@H](OC[C@H]3O[C@H](O[C@H]4[C@H](O)[C@@H](O)[C@@H](O)O[C@@H]4CO)[C@H](O)[C@@H](O)[C@@H]3O)O[C@H](CO[C@H]3O[C@H](CO)[C@@H](O)[C@H](O)[C@H]3O)[C@H]2O)[C@@H](O)[C@H](O)[C@H]1O. The summed E-state index contributed by atoms with van der Waals surface area (Å²) in [6, 6.07) is 0. The van der Waals surface area contributed by atoms with E-state index < -0.39 is 187 Å². The van der Waals surface area contributed by atoms with Crippen molar-refractivity contribution in [2.75, 3.05) is 33.0 Å². The number of ether oxygens (including phenoxy) is 9. The van der Waals surface area contributed by atoms with E-state index in [0.717, 1.165) is 0 Å². The van der Waals surface area contributed by atoms with Gasteiger partial charge < -0.3 is 129 Å². The maximum atomic E-state index is 11.3. The average molecular weight is 829 g/mol. The molecular weight excluding hydrogens is 776 g/mol. The lowest BCUT2D eigenvalue weighted by Crippen LogP contribution is -2.66. The van der Waals surface area contributed by atoms with Crippen molar-refractivity contribution < 1.29 is 129 Å². The van der Waals surface area contributed by atoms with Gasteiger partial charge >= 0.3 is 0 Å². The molecule has 0 saturated carbocycles. The molecule has 0 aromatic carbocycles. The molecular formula is C30H52O26. The maximum absolute atomic E-state index is 11.3. The topological polar surface area (TPSA) is 427 Å². The molecule has 5 fully saturated rings. The molecule has 5 saturated heterocycles. The van der Waals surface area contributed by atoms with E-state index in [4.69, 9.17) is 42.6 Å². The third-order valence-electron chi connectivity index (χ3n) is 10.3. The summed E-state index contributed by atoms with van der Waals surface area (Å²) in [6.45, 7) is -4.16. The van der Waals surface area contributed by atoms with Gasteiger partial charge in [-0.05, 0) is 0 Å². The second-order valence-electron chi connectivity index (χ2n) is 14.0. The van der Waals surface area contributed by atoms with Gasteiger partial charge in [-0.25, -0.2) is 0 Å². The van der Waals surface area contributed by atoms with Crippen molar-refractivity contribution in [2.24, 2.45) is 0 Å². The molecule has 26 nitrogen and oxygen atoms in total. The molecule has 0 radical (unpaired) electrons. The monoisotopic (exact) mass is 828 g/mol. The first-order chi connectivity index (χ1) is 26.4. The van der Waals surface area contributed by atoms with Crippen LogP contribution in [0.3, 0.4) is 0 Å². The third kappa shape index (κ3) is 9.46. The Morgan fingerprint density at radius 1 is 0.304 bits per heavy atom. The lowest BCUT2D eigenvalue weighted by Gasteiger charge is -2.47. The molecule has 25 atom stereocenters. The van der Waals surface area contributed by atoms with Crippen LogP contribution in [0.5, 0.6) is 0 Å². The van der Waals surface area contributed by atoms with E-state index in [9.17, 15) is 86.8 Å². The molecule has 5 aliphatic rings. The van der Waals surface area contributed by atoms with Gasteiger partial charge in [0.2, 0.25) is 0 Å². The van der Waals surface area contributed by atoms with Crippen LogP contribution in [0.4, 0.5) is 0 Å². The molecule has 26 heteroatoms. The molecule has 0 spiro atoms. The van der Waals surface area contributed by atoms with Crippen molar-refractivity contribution in [2.45, 2.75) is 154 Å². The Bertz CT molecular complexity index is 1200. The summed E-state index contributed by atoms with van der Waals surface area (Å²) in [5.74, 6) is 0.